The van der Waals surface area contributed by atoms with Crippen molar-refractivity contribution in [2.75, 3.05) is 6.67 Å². The molecule has 0 saturated carbocycles. The highest BCUT2D eigenvalue weighted by atomic mass is 19.1. The number of aliphatic carboxylic acids is 1. The van der Waals surface area contributed by atoms with Crippen LogP contribution in [0.2, 0.25) is 0 Å². The van der Waals surface area contributed by atoms with Gasteiger partial charge in [0.05, 0.1) is 6.10 Å². The van der Waals surface area contributed by atoms with Crippen LogP contribution in [0.25, 0.3) is 0 Å². The van der Waals surface area contributed by atoms with Crippen LogP contribution in [0, 0.1) is 0 Å². The fourth-order valence-corrected chi connectivity index (χ4v) is 1.46. The summed E-state index contributed by atoms with van der Waals surface area (Å²) in [6.07, 6.45) is -2.80. The van der Waals surface area contributed by atoms with Crippen molar-refractivity contribution in [2.45, 2.75) is 25.2 Å². The zero-order valence-corrected chi connectivity index (χ0v) is 10.7. The van der Waals surface area contributed by atoms with Gasteiger partial charge in [0.2, 0.25) is 0 Å². The quantitative estimate of drug-likeness (QED) is 0.697. The molecule has 6 nitrogen and oxygen atoms in total. The predicted molar refractivity (Wildman–Crippen MR) is 67.8 cm³/mol. The number of alkyl halides is 1. The Labute approximate surface area is 115 Å². The van der Waals surface area contributed by atoms with Crippen molar-refractivity contribution in [3.63, 3.8) is 0 Å². The number of ether oxygens (including phenoxy) is 1. The van der Waals surface area contributed by atoms with Crippen molar-refractivity contribution in [3.8, 4) is 0 Å². The smallest absolute Gasteiger partial charge is 0.408 e. The number of alkyl carbamates (subject to hydrolysis) is 1. The molecule has 1 rings (SSSR count). The standard InChI is InChI=1S/C13H16FNO5/c14-7-10(16)6-11(12(17)18)15-13(19)20-8-9-4-2-1-3-5-9/h1-5,10-11,16H,6-8H2,(H,15,19)(H,17,18). The molecule has 3 N–H and O–H groups in total. The van der Waals surface area contributed by atoms with E-state index in [0.717, 1.165) is 5.56 Å². The summed E-state index contributed by atoms with van der Waals surface area (Å²) in [4.78, 5) is 22.3. The lowest BCUT2D eigenvalue weighted by Gasteiger charge is -2.16. The van der Waals surface area contributed by atoms with Gasteiger partial charge in [0.1, 0.15) is 19.3 Å². The highest BCUT2D eigenvalue weighted by Crippen LogP contribution is 2.03. The van der Waals surface area contributed by atoms with Gasteiger partial charge < -0.3 is 20.3 Å². The number of hydrogen-bond donors (Lipinski definition) is 3. The van der Waals surface area contributed by atoms with E-state index in [1.54, 1.807) is 24.3 Å². The van der Waals surface area contributed by atoms with Crippen LogP contribution < -0.4 is 5.32 Å². The summed E-state index contributed by atoms with van der Waals surface area (Å²) < 4.78 is 17.0. The number of hydrogen-bond acceptors (Lipinski definition) is 4. The summed E-state index contributed by atoms with van der Waals surface area (Å²) >= 11 is 0. The zero-order valence-electron chi connectivity index (χ0n) is 10.7. The molecule has 2 unspecified atom stereocenters. The maximum absolute atomic E-state index is 12.1. The molecule has 0 radical (unpaired) electrons. The molecule has 0 saturated heterocycles. The van der Waals surface area contributed by atoms with Crippen LogP contribution >= 0.6 is 0 Å². The Hall–Kier alpha value is -2.15. The van der Waals surface area contributed by atoms with E-state index < -0.39 is 37.3 Å². The van der Waals surface area contributed by atoms with Gasteiger partial charge in [0.15, 0.2) is 0 Å². The van der Waals surface area contributed by atoms with E-state index in [1.165, 1.54) is 0 Å². The van der Waals surface area contributed by atoms with Crippen LogP contribution in [-0.2, 0) is 16.1 Å². The molecule has 20 heavy (non-hydrogen) atoms. The SMILES string of the molecule is O=C(NC(CC(O)CF)C(=O)O)OCc1ccccc1. The van der Waals surface area contributed by atoms with E-state index in [1.807, 2.05) is 6.07 Å². The third kappa shape index (κ3) is 5.66. The van der Waals surface area contributed by atoms with E-state index in [9.17, 15) is 14.0 Å². The minimum Gasteiger partial charge on any atom is -0.480 e. The number of carboxylic acids is 1. The Morgan fingerprint density at radius 1 is 1.30 bits per heavy atom. The first kappa shape index (κ1) is 15.9. The topological polar surface area (TPSA) is 95.9 Å². The lowest BCUT2D eigenvalue weighted by Crippen LogP contribution is -2.43. The molecular formula is C13H16FNO5. The molecule has 0 fully saturated rings. The fraction of sp³-hybridized carbons (Fsp3) is 0.385. The van der Waals surface area contributed by atoms with Crippen molar-refractivity contribution < 1.29 is 28.9 Å². The largest absolute Gasteiger partial charge is 0.480 e. The summed E-state index contributed by atoms with van der Waals surface area (Å²) in [5.74, 6) is -1.37. The Morgan fingerprint density at radius 2 is 1.95 bits per heavy atom. The lowest BCUT2D eigenvalue weighted by atomic mass is 10.1. The normalized spacial score (nSPS) is 13.3. The van der Waals surface area contributed by atoms with E-state index in [2.05, 4.69) is 5.32 Å². The molecule has 0 bridgehead atoms. The molecule has 1 aromatic rings. The number of benzene rings is 1. The Bertz CT molecular complexity index is 440. The number of carbonyl (C=O) groups excluding carboxylic acids is 1. The molecule has 0 aliphatic carbocycles. The summed E-state index contributed by atoms with van der Waals surface area (Å²) in [6, 6.07) is 7.44. The molecule has 110 valence electrons. The van der Waals surface area contributed by atoms with E-state index >= 15 is 0 Å². The number of carbonyl (C=O) groups is 2. The van der Waals surface area contributed by atoms with Gasteiger partial charge in [-0.05, 0) is 5.56 Å². The Morgan fingerprint density at radius 3 is 2.50 bits per heavy atom. The van der Waals surface area contributed by atoms with Crippen LogP contribution in [0.1, 0.15) is 12.0 Å². The second-order valence-corrected chi connectivity index (χ2v) is 4.14. The number of aliphatic hydroxyl groups is 1. The zero-order chi connectivity index (χ0) is 15.0. The first-order valence-electron chi connectivity index (χ1n) is 5.97. The molecule has 0 heterocycles. The third-order valence-electron chi connectivity index (χ3n) is 2.49. The van der Waals surface area contributed by atoms with Crippen molar-refractivity contribution in [2.24, 2.45) is 0 Å². The van der Waals surface area contributed by atoms with Gasteiger partial charge in [-0.15, -0.1) is 0 Å². The highest BCUT2D eigenvalue weighted by molar-refractivity contribution is 5.79. The van der Waals surface area contributed by atoms with Crippen molar-refractivity contribution in [1.82, 2.24) is 5.32 Å². The number of halogens is 1. The van der Waals surface area contributed by atoms with Crippen LogP contribution in [0.5, 0.6) is 0 Å². The summed E-state index contributed by atoms with van der Waals surface area (Å²) in [6.45, 7) is -1.09. The van der Waals surface area contributed by atoms with Gasteiger partial charge in [0.25, 0.3) is 0 Å². The van der Waals surface area contributed by atoms with Crippen LogP contribution in [-0.4, -0.2) is 41.1 Å². The first-order valence-corrected chi connectivity index (χ1v) is 5.97. The molecule has 0 aromatic heterocycles. The second-order valence-electron chi connectivity index (χ2n) is 4.14. The molecule has 0 aliphatic heterocycles. The number of amides is 1. The van der Waals surface area contributed by atoms with E-state index in [4.69, 9.17) is 14.9 Å². The molecule has 1 aromatic carbocycles. The number of rotatable bonds is 7. The average molecular weight is 285 g/mol. The summed E-state index contributed by atoms with van der Waals surface area (Å²) in [5, 5.41) is 20.0. The highest BCUT2D eigenvalue weighted by Gasteiger charge is 2.24. The molecule has 0 aliphatic rings. The van der Waals surface area contributed by atoms with Crippen LogP contribution in [0.15, 0.2) is 30.3 Å². The van der Waals surface area contributed by atoms with E-state index in [-0.39, 0.29) is 6.61 Å². The van der Waals surface area contributed by atoms with Gasteiger partial charge in [-0.3, -0.25) is 0 Å². The minimum atomic E-state index is -1.44. The van der Waals surface area contributed by atoms with Crippen molar-refractivity contribution in [3.05, 3.63) is 35.9 Å². The molecule has 1 amide bonds. The molecule has 2 atom stereocenters. The first-order chi connectivity index (χ1) is 9.52. The van der Waals surface area contributed by atoms with Crippen molar-refractivity contribution in [1.29, 1.82) is 0 Å². The van der Waals surface area contributed by atoms with Crippen LogP contribution in [0.3, 0.4) is 0 Å². The minimum absolute atomic E-state index is 0.00925. The van der Waals surface area contributed by atoms with Gasteiger partial charge >= 0.3 is 12.1 Å². The summed E-state index contributed by atoms with van der Waals surface area (Å²) in [5.41, 5.74) is 0.748. The average Bonchev–Trinajstić information content (AvgIpc) is 2.45. The van der Waals surface area contributed by atoms with Gasteiger partial charge in [-0.2, -0.15) is 0 Å². The number of carboxylic acid groups (broad SMARTS) is 1. The lowest BCUT2D eigenvalue weighted by molar-refractivity contribution is -0.140. The van der Waals surface area contributed by atoms with Crippen LogP contribution in [0.4, 0.5) is 9.18 Å². The Kier molecular flexibility index (Phi) is 6.45. The number of aliphatic hydroxyl groups excluding tert-OH is 1. The summed E-state index contributed by atoms with van der Waals surface area (Å²) in [7, 11) is 0. The maximum Gasteiger partial charge on any atom is 0.408 e. The monoisotopic (exact) mass is 285 g/mol. The molecular weight excluding hydrogens is 269 g/mol. The second kappa shape index (κ2) is 8.11. The molecule has 0 spiro atoms. The van der Waals surface area contributed by atoms with Crippen molar-refractivity contribution >= 4 is 12.1 Å². The predicted octanol–water partition coefficient (Wildman–Crippen LogP) is 1.09. The number of nitrogens with one attached hydrogen (secondary N) is 1. The maximum atomic E-state index is 12.1. The van der Waals surface area contributed by atoms with E-state index in [0.29, 0.717) is 0 Å². The van der Waals surface area contributed by atoms with Gasteiger partial charge in [-0.25, -0.2) is 14.0 Å². The third-order valence-corrected chi connectivity index (χ3v) is 2.49. The fourth-order valence-electron chi connectivity index (χ4n) is 1.46. The van der Waals surface area contributed by atoms with Gasteiger partial charge in [0, 0.05) is 6.42 Å². The Balaban J connectivity index is 2.44. The molecule has 7 heteroatoms. The van der Waals surface area contributed by atoms with Gasteiger partial charge in [-0.1, -0.05) is 30.3 Å².